The number of hydrogen-bond donors (Lipinski definition) is 1. The molecule has 4 heteroatoms. The molecule has 0 saturated carbocycles. The Morgan fingerprint density at radius 1 is 1.25 bits per heavy atom. The number of para-hydroxylation sites is 1. The molecule has 0 radical (unpaired) electrons. The third-order valence-electron chi connectivity index (χ3n) is 1.57. The zero-order valence-corrected chi connectivity index (χ0v) is 6.03. The first-order valence-electron chi connectivity index (χ1n) is 3.39. The van der Waals surface area contributed by atoms with Gasteiger partial charge in [-0.25, -0.2) is 9.59 Å². The van der Waals surface area contributed by atoms with Crippen LogP contribution in [0.2, 0.25) is 0 Å². The fraction of sp³-hybridized carbons (Fsp3) is 0. The lowest BCUT2D eigenvalue weighted by molar-refractivity contribution is 0.460. The molecule has 1 aromatic heterocycles. The number of H-pyrrole nitrogens is 1. The van der Waals surface area contributed by atoms with Crippen molar-refractivity contribution in [2.24, 2.45) is 0 Å². The molecule has 62 valence electrons. The maximum atomic E-state index is 11.0. The maximum Gasteiger partial charge on any atom is 0.419 e. The normalized spacial score (nSPS) is 10.3. The highest BCUT2D eigenvalue weighted by Gasteiger charge is 1.98. The van der Waals surface area contributed by atoms with E-state index in [1.165, 1.54) is 0 Å². The molecule has 0 aliphatic heterocycles. The Kier molecular flexibility index (Phi) is 1.33. The summed E-state index contributed by atoms with van der Waals surface area (Å²) in [6.45, 7) is 0. The molecular formula is C8H7NO3. The van der Waals surface area contributed by atoms with E-state index in [2.05, 4.69) is 9.40 Å². The summed E-state index contributed by atoms with van der Waals surface area (Å²) in [6.07, 6.45) is 0. The Balaban J connectivity index is 0.000000845. The van der Waals surface area contributed by atoms with Gasteiger partial charge >= 0.3 is 11.4 Å². The predicted molar refractivity (Wildman–Crippen MR) is 45.2 cm³/mol. The molecule has 0 aliphatic rings. The summed E-state index contributed by atoms with van der Waals surface area (Å²) in [6, 6.07) is 6.68. The topological polar surface area (TPSA) is 63.1 Å². The molecule has 0 fully saturated rings. The van der Waals surface area contributed by atoms with E-state index >= 15 is 0 Å². The van der Waals surface area contributed by atoms with Gasteiger partial charge in [-0.15, -0.1) is 0 Å². The molecule has 0 atom stereocenters. The van der Waals surface area contributed by atoms with Crippen LogP contribution in [0, 0.1) is 0 Å². The van der Waals surface area contributed by atoms with Crippen LogP contribution in [-0.2, 0) is 0 Å². The summed E-state index contributed by atoms with van der Waals surface area (Å²) in [7, 11) is 0. The number of rotatable bonds is 0. The number of aromatic amines is 1. The van der Waals surface area contributed by atoms with Crippen LogP contribution < -0.4 is 11.4 Å². The van der Waals surface area contributed by atoms with Crippen LogP contribution in [0.5, 0.6) is 0 Å². The van der Waals surface area contributed by atoms with Crippen molar-refractivity contribution >= 4 is 10.9 Å². The number of aromatic nitrogens is 1. The van der Waals surface area contributed by atoms with Crippen molar-refractivity contribution in [2.45, 2.75) is 0 Å². The third kappa shape index (κ3) is 0.934. The van der Waals surface area contributed by atoms with E-state index in [1.807, 2.05) is 0 Å². The van der Waals surface area contributed by atoms with Gasteiger partial charge in [0.1, 0.15) is 0 Å². The molecule has 0 bridgehead atoms. The van der Waals surface area contributed by atoms with E-state index in [0.29, 0.717) is 10.9 Å². The zero-order chi connectivity index (χ0) is 8.55. The van der Waals surface area contributed by atoms with E-state index in [1.54, 1.807) is 24.3 Å². The summed E-state index contributed by atoms with van der Waals surface area (Å²) in [5.74, 6) is -0.723. The van der Waals surface area contributed by atoms with Crippen LogP contribution in [-0.4, -0.2) is 4.98 Å². The van der Waals surface area contributed by atoms with Crippen molar-refractivity contribution < 1.29 is 5.84 Å². The summed E-state index contributed by atoms with van der Waals surface area (Å²) in [5.41, 5.74) is -0.104. The number of benzene rings is 1. The largest absolute Gasteiger partial charge is 0.419 e. The minimum atomic E-state index is -0.723. The molecule has 1 aromatic carbocycles. The van der Waals surface area contributed by atoms with Crippen LogP contribution in [0.3, 0.4) is 0 Å². The minimum Gasteiger partial charge on any atom is -0.372 e. The van der Waals surface area contributed by atoms with Crippen molar-refractivity contribution in [3.8, 4) is 0 Å². The van der Waals surface area contributed by atoms with Gasteiger partial charge in [-0.2, -0.15) is 0 Å². The number of nitrogens with one attached hydrogen (secondary N) is 1. The second-order valence-electron chi connectivity index (χ2n) is 2.35. The van der Waals surface area contributed by atoms with E-state index in [0.717, 1.165) is 0 Å². The Hall–Kier alpha value is -1.84. The quantitative estimate of drug-likeness (QED) is 0.625. The van der Waals surface area contributed by atoms with Crippen molar-refractivity contribution in [3.05, 3.63) is 45.2 Å². The standard InChI is InChI=1S/C8H5NO3.H2/c10-7-5-3-1-2-4-6(5)9-8(11)12-7;/h1-4H,(H,9,11);1H. The SMILES string of the molecule is O=c1[nH]c2ccccc2c(=O)o1.[HH]. The Morgan fingerprint density at radius 3 is 2.83 bits per heavy atom. The highest BCUT2D eigenvalue weighted by molar-refractivity contribution is 5.76. The zero-order valence-electron chi connectivity index (χ0n) is 6.03. The maximum absolute atomic E-state index is 11.0. The van der Waals surface area contributed by atoms with Gasteiger partial charge < -0.3 is 4.42 Å². The van der Waals surface area contributed by atoms with Crippen molar-refractivity contribution in [2.75, 3.05) is 0 Å². The van der Waals surface area contributed by atoms with Gasteiger partial charge in [-0.1, -0.05) is 12.1 Å². The van der Waals surface area contributed by atoms with Gasteiger partial charge in [0.15, 0.2) is 0 Å². The van der Waals surface area contributed by atoms with Gasteiger partial charge in [0, 0.05) is 1.43 Å². The highest BCUT2D eigenvalue weighted by atomic mass is 16.4. The molecule has 0 amide bonds. The van der Waals surface area contributed by atoms with Crippen LogP contribution in [0.1, 0.15) is 1.43 Å². The molecule has 1 N–H and O–H groups in total. The summed E-state index contributed by atoms with van der Waals surface area (Å²) >= 11 is 0. The first-order chi connectivity index (χ1) is 5.77. The van der Waals surface area contributed by atoms with Crippen molar-refractivity contribution in [3.63, 3.8) is 0 Å². The molecular weight excluding hydrogens is 158 g/mol. The van der Waals surface area contributed by atoms with Crippen LogP contribution in [0.4, 0.5) is 0 Å². The monoisotopic (exact) mass is 165 g/mol. The summed E-state index contributed by atoms with van der Waals surface area (Å²) in [5, 5.41) is 0.386. The number of fused-ring (bicyclic) bond motifs is 1. The molecule has 12 heavy (non-hydrogen) atoms. The van der Waals surface area contributed by atoms with Crippen LogP contribution in [0.25, 0.3) is 10.9 Å². The van der Waals surface area contributed by atoms with Gasteiger partial charge in [0.25, 0.3) is 0 Å². The molecule has 4 nitrogen and oxygen atoms in total. The van der Waals surface area contributed by atoms with Crippen LogP contribution >= 0.6 is 0 Å². The van der Waals surface area contributed by atoms with E-state index < -0.39 is 11.4 Å². The molecule has 0 saturated heterocycles. The van der Waals surface area contributed by atoms with E-state index in [4.69, 9.17) is 0 Å². The highest BCUT2D eigenvalue weighted by Crippen LogP contribution is 2.01. The van der Waals surface area contributed by atoms with Crippen LogP contribution in [0.15, 0.2) is 38.3 Å². The molecule has 2 aromatic rings. The summed E-state index contributed by atoms with van der Waals surface area (Å²) in [4.78, 5) is 24.1. The van der Waals surface area contributed by atoms with Crippen molar-refractivity contribution in [1.29, 1.82) is 0 Å². The first-order valence-corrected chi connectivity index (χ1v) is 3.39. The minimum absolute atomic E-state index is 0. The lowest BCUT2D eigenvalue weighted by Crippen LogP contribution is -2.13. The lowest BCUT2D eigenvalue weighted by atomic mass is 10.2. The molecule has 2 rings (SSSR count). The predicted octanol–water partition coefficient (Wildman–Crippen LogP) is 0.727. The molecule has 0 spiro atoms. The number of hydrogen-bond acceptors (Lipinski definition) is 3. The Labute approximate surface area is 67.9 Å². The molecule has 1 heterocycles. The fourth-order valence-corrected chi connectivity index (χ4v) is 1.04. The van der Waals surface area contributed by atoms with Gasteiger partial charge in [-0.05, 0) is 12.1 Å². The average molecular weight is 165 g/mol. The summed E-state index contributed by atoms with van der Waals surface area (Å²) < 4.78 is 4.32. The third-order valence-corrected chi connectivity index (χ3v) is 1.57. The first kappa shape index (κ1) is 6.84. The Morgan fingerprint density at radius 2 is 2.00 bits per heavy atom. The van der Waals surface area contributed by atoms with E-state index in [9.17, 15) is 9.59 Å². The smallest absolute Gasteiger partial charge is 0.372 e. The Bertz CT molecular complexity index is 528. The van der Waals surface area contributed by atoms with Gasteiger partial charge in [-0.3, -0.25) is 4.98 Å². The van der Waals surface area contributed by atoms with Crippen molar-refractivity contribution in [1.82, 2.24) is 4.98 Å². The second kappa shape index (κ2) is 2.34. The second-order valence-corrected chi connectivity index (χ2v) is 2.35. The van der Waals surface area contributed by atoms with Gasteiger partial charge in [0.2, 0.25) is 0 Å². The fourth-order valence-electron chi connectivity index (χ4n) is 1.04. The van der Waals surface area contributed by atoms with Gasteiger partial charge in [0.05, 0.1) is 10.9 Å². The lowest BCUT2D eigenvalue weighted by Gasteiger charge is -1.91. The average Bonchev–Trinajstić information content (AvgIpc) is 2.04. The van der Waals surface area contributed by atoms with E-state index in [-0.39, 0.29) is 1.43 Å². The molecule has 0 unspecified atom stereocenters. The molecule has 0 aliphatic carbocycles.